The molecule has 9 heteroatoms. The van der Waals surface area contributed by atoms with Gasteiger partial charge in [-0.15, -0.1) is 0 Å². The number of aromatic amines is 1. The van der Waals surface area contributed by atoms with E-state index in [9.17, 15) is 18.0 Å². The van der Waals surface area contributed by atoms with Crippen LogP contribution in [0.5, 0.6) is 0 Å². The standard InChI is InChI=1S/C22H17F3N4O2/c1-10-19(11(2)31-29-10)12-8-15(20-17(9-12)27-21(28-20)22(23,24)25)13-4-3-5-16-14(13)6-7-18(30)26-16/h3-5,8-9H,6-7H2,1-2H3,(H,26,30)(H,27,28). The van der Waals surface area contributed by atoms with Crippen molar-refractivity contribution in [3.63, 3.8) is 0 Å². The summed E-state index contributed by atoms with van der Waals surface area (Å²) >= 11 is 0. The van der Waals surface area contributed by atoms with Gasteiger partial charge in [0.05, 0.1) is 16.7 Å². The molecule has 31 heavy (non-hydrogen) atoms. The van der Waals surface area contributed by atoms with E-state index in [1.807, 2.05) is 12.1 Å². The third-order valence-corrected chi connectivity index (χ3v) is 5.52. The Hall–Kier alpha value is -3.62. The first-order chi connectivity index (χ1) is 14.7. The number of aromatic nitrogens is 3. The van der Waals surface area contributed by atoms with Gasteiger partial charge in [0, 0.05) is 23.2 Å². The van der Waals surface area contributed by atoms with E-state index >= 15 is 0 Å². The van der Waals surface area contributed by atoms with Crippen LogP contribution in [0.4, 0.5) is 18.9 Å². The molecule has 3 heterocycles. The monoisotopic (exact) mass is 426 g/mol. The normalized spacial score (nSPS) is 14.0. The van der Waals surface area contributed by atoms with Gasteiger partial charge in [0.25, 0.3) is 0 Å². The average Bonchev–Trinajstić information content (AvgIpc) is 3.29. The number of fused-ring (bicyclic) bond motifs is 2. The summed E-state index contributed by atoms with van der Waals surface area (Å²) in [5.41, 5.74) is 5.33. The minimum Gasteiger partial charge on any atom is -0.361 e. The molecule has 2 aromatic carbocycles. The molecule has 5 rings (SSSR count). The first-order valence-electron chi connectivity index (χ1n) is 9.68. The fourth-order valence-corrected chi connectivity index (χ4v) is 4.17. The number of carbonyl (C=O) groups is 1. The predicted octanol–water partition coefficient (Wildman–Crippen LogP) is 5.41. The molecular formula is C22H17F3N4O2. The maximum absolute atomic E-state index is 13.4. The number of carbonyl (C=O) groups excluding carboxylic acids is 1. The Kier molecular flexibility index (Phi) is 4.18. The van der Waals surface area contributed by atoms with Crippen LogP contribution in [0.15, 0.2) is 34.9 Å². The number of imidazole rings is 1. The molecular weight excluding hydrogens is 409 g/mol. The molecule has 158 valence electrons. The summed E-state index contributed by atoms with van der Waals surface area (Å²) in [5, 5.41) is 6.81. The number of benzene rings is 2. The lowest BCUT2D eigenvalue weighted by molar-refractivity contribution is -0.144. The first kappa shape index (κ1) is 19.3. The van der Waals surface area contributed by atoms with E-state index < -0.39 is 12.0 Å². The van der Waals surface area contributed by atoms with Crippen LogP contribution in [-0.4, -0.2) is 21.0 Å². The van der Waals surface area contributed by atoms with Crippen molar-refractivity contribution >= 4 is 22.6 Å². The average molecular weight is 426 g/mol. The second-order valence-electron chi connectivity index (χ2n) is 7.58. The Labute approximate surface area is 174 Å². The molecule has 6 nitrogen and oxygen atoms in total. The summed E-state index contributed by atoms with van der Waals surface area (Å²) < 4.78 is 45.5. The maximum atomic E-state index is 13.4. The van der Waals surface area contributed by atoms with Gasteiger partial charge in [-0.1, -0.05) is 17.3 Å². The number of alkyl halides is 3. The van der Waals surface area contributed by atoms with Gasteiger partial charge in [-0.2, -0.15) is 13.2 Å². The molecule has 1 aliphatic rings. The second-order valence-corrected chi connectivity index (χ2v) is 7.58. The lowest BCUT2D eigenvalue weighted by atomic mass is 9.90. The topological polar surface area (TPSA) is 83.8 Å². The van der Waals surface area contributed by atoms with Crippen LogP contribution in [0.1, 0.15) is 29.3 Å². The molecule has 0 atom stereocenters. The van der Waals surface area contributed by atoms with Crippen molar-refractivity contribution in [2.75, 3.05) is 5.32 Å². The Morgan fingerprint density at radius 1 is 1.10 bits per heavy atom. The lowest BCUT2D eigenvalue weighted by Crippen LogP contribution is -2.19. The van der Waals surface area contributed by atoms with Crippen molar-refractivity contribution in [3.8, 4) is 22.3 Å². The largest absolute Gasteiger partial charge is 0.449 e. The summed E-state index contributed by atoms with van der Waals surface area (Å²) in [6.07, 6.45) is -3.81. The highest BCUT2D eigenvalue weighted by Crippen LogP contribution is 2.41. The molecule has 2 aromatic heterocycles. The minimum absolute atomic E-state index is 0.0848. The van der Waals surface area contributed by atoms with E-state index in [1.54, 1.807) is 32.0 Å². The number of amides is 1. The van der Waals surface area contributed by atoms with Crippen molar-refractivity contribution < 1.29 is 22.5 Å². The first-order valence-corrected chi connectivity index (χ1v) is 9.68. The highest BCUT2D eigenvalue weighted by molar-refractivity contribution is 6.01. The Morgan fingerprint density at radius 2 is 1.90 bits per heavy atom. The van der Waals surface area contributed by atoms with E-state index in [1.165, 1.54) is 0 Å². The molecule has 1 amide bonds. The van der Waals surface area contributed by atoms with Gasteiger partial charge in [-0.3, -0.25) is 4.79 Å². The molecule has 0 fully saturated rings. The summed E-state index contributed by atoms with van der Waals surface area (Å²) in [4.78, 5) is 18.1. The third-order valence-electron chi connectivity index (χ3n) is 5.52. The van der Waals surface area contributed by atoms with E-state index in [0.29, 0.717) is 41.1 Å². The minimum atomic E-state index is -4.61. The molecule has 4 aromatic rings. The van der Waals surface area contributed by atoms with Crippen molar-refractivity contribution in [2.45, 2.75) is 32.9 Å². The summed E-state index contributed by atoms with van der Waals surface area (Å²) in [6, 6.07) is 8.83. The predicted molar refractivity (Wildman–Crippen MR) is 108 cm³/mol. The molecule has 0 spiro atoms. The molecule has 0 saturated carbocycles. The van der Waals surface area contributed by atoms with Gasteiger partial charge in [0.2, 0.25) is 11.7 Å². The van der Waals surface area contributed by atoms with Crippen molar-refractivity contribution in [1.82, 2.24) is 15.1 Å². The number of nitrogens with zero attached hydrogens (tertiary/aromatic N) is 2. The molecule has 0 unspecified atom stereocenters. The number of rotatable bonds is 2. The quantitative estimate of drug-likeness (QED) is 0.449. The van der Waals surface area contributed by atoms with Crippen LogP contribution in [0, 0.1) is 13.8 Å². The zero-order valence-electron chi connectivity index (χ0n) is 16.6. The van der Waals surface area contributed by atoms with E-state index in [2.05, 4.69) is 20.4 Å². The number of hydrogen-bond donors (Lipinski definition) is 2. The van der Waals surface area contributed by atoms with E-state index in [0.717, 1.165) is 16.7 Å². The van der Waals surface area contributed by atoms with Gasteiger partial charge < -0.3 is 14.8 Å². The second kappa shape index (κ2) is 6.69. The van der Waals surface area contributed by atoms with Crippen LogP contribution < -0.4 is 5.32 Å². The molecule has 2 N–H and O–H groups in total. The molecule has 0 bridgehead atoms. The smallest absolute Gasteiger partial charge is 0.361 e. The van der Waals surface area contributed by atoms with Crippen LogP contribution in [0.2, 0.25) is 0 Å². The molecule has 0 aliphatic carbocycles. The zero-order chi connectivity index (χ0) is 21.9. The maximum Gasteiger partial charge on any atom is 0.449 e. The van der Waals surface area contributed by atoms with Gasteiger partial charge in [0.1, 0.15) is 5.76 Å². The van der Waals surface area contributed by atoms with Crippen molar-refractivity contribution in [1.29, 1.82) is 0 Å². The van der Waals surface area contributed by atoms with Crippen LogP contribution >= 0.6 is 0 Å². The molecule has 0 saturated heterocycles. The Balaban J connectivity index is 1.82. The SMILES string of the molecule is Cc1noc(C)c1-c1cc(-c2cccc3c2CCC(=O)N3)c2nc(C(F)(F)F)[nH]c2c1. The third kappa shape index (κ3) is 3.17. The van der Waals surface area contributed by atoms with E-state index in [-0.39, 0.29) is 16.9 Å². The lowest BCUT2D eigenvalue weighted by Gasteiger charge is -2.20. The van der Waals surface area contributed by atoms with Crippen LogP contribution in [0.25, 0.3) is 33.3 Å². The molecule has 1 aliphatic heterocycles. The van der Waals surface area contributed by atoms with Crippen molar-refractivity contribution in [3.05, 3.63) is 53.2 Å². The van der Waals surface area contributed by atoms with Crippen LogP contribution in [0.3, 0.4) is 0 Å². The number of anilines is 1. The number of halogens is 3. The molecule has 0 radical (unpaired) electrons. The zero-order valence-corrected chi connectivity index (χ0v) is 16.6. The summed E-state index contributed by atoms with van der Waals surface area (Å²) in [5.74, 6) is -0.572. The van der Waals surface area contributed by atoms with Gasteiger partial charge in [0.15, 0.2) is 0 Å². The summed E-state index contributed by atoms with van der Waals surface area (Å²) in [7, 11) is 0. The fourth-order valence-electron chi connectivity index (χ4n) is 4.17. The number of aryl methyl sites for hydroxylation is 2. The fraction of sp³-hybridized carbons (Fsp3) is 0.227. The Morgan fingerprint density at radius 3 is 2.61 bits per heavy atom. The number of hydrogen-bond acceptors (Lipinski definition) is 4. The summed E-state index contributed by atoms with van der Waals surface area (Å²) in [6.45, 7) is 3.54. The number of nitrogens with one attached hydrogen (secondary N) is 2. The number of H-pyrrole nitrogens is 1. The Bertz CT molecular complexity index is 1330. The van der Waals surface area contributed by atoms with Gasteiger partial charge >= 0.3 is 6.18 Å². The van der Waals surface area contributed by atoms with Gasteiger partial charge in [-0.25, -0.2) is 4.98 Å². The van der Waals surface area contributed by atoms with Crippen molar-refractivity contribution in [2.24, 2.45) is 0 Å². The van der Waals surface area contributed by atoms with E-state index in [4.69, 9.17) is 4.52 Å². The van der Waals surface area contributed by atoms with Crippen LogP contribution in [-0.2, 0) is 17.4 Å². The van der Waals surface area contributed by atoms with Gasteiger partial charge in [-0.05, 0) is 55.2 Å². The highest BCUT2D eigenvalue weighted by atomic mass is 19.4. The highest BCUT2D eigenvalue weighted by Gasteiger charge is 2.35.